The fraction of sp³-hybridized carbons (Fsp3) is 0. The molecule has 7 heteroatoms. The van der Waals surface area contributed by atoms with Crippen LogP contribution in [0, 0.1) is 0 Å². The SMILES string of the molecule is c1ccc(-c2ccccc2-c2nc(-c3cccc(-n4c5ccccc5c5cc(N(c6ccccc6)c6ccccc6)ccc54)c3)nc(-n3c4ccccc4c4cc(N(c5ccccc5)c5ccccc5)ccc43)n2)cc1. The zero-order valence-electron chi connectivity index (χ0n) is 41.3. The smallest absolute Gasteiger partial charge is 0.238 e. The molecule has 3 aromatic heterocycles. The second-order valence-electron chi connectivity index (χ2n) is 18.9. The Hall–Kier alpha value is -10.4. The minimum absolute atomic E-state index is 0.529. The van der Waals surface area contributed by atoms with Gasteiger partial charge < -0.3 is 14.4 Å². The highest BCUT2D eigenvalue weighted by atomic mass is 15.2. The minimum atomic E-state index is 0.529. The molecular formula is C69H47N7. The molecule has 14 rings (SSSR count). The van der Waals surface area contributed by atoms with Gasteiger partial charge in [0.05, 0.1) is 22.1 Å². The Kier molecular flexibility index (Phi) is 11.0. The van der Waals surface area contributed by atoms with Crippen molar-refractivity contribution in [3.8, 4) is 45.5 Å². The molecule has 7 nitrogen and oxygen atoms in total. The van der Waals surface area contributed by atoms with E-state index in [-0.39, 0.29) is 0 Å². The lowest BCUT2D eigenvalue weighted by Crippen LogP contribution is -2.10. The lowest BCUT2D eigenvalue weighted by Gasteiger charge is -2.25. The van der Waals surface area contributed by atoms with Gasteiger partial charge in [-0.15, -0.1) is 0 Å². The first-order valence-corrected chi connectivity index (χ1v) is 25.6. The van der Waals surface area contributed by atoms with Crippen LogP contribution in [0.2, 0.25) is 0 Å². The molecule has 0 aliphatic heterocycles. The predicted octanol–water partition coefficient (Wildman–Crippen LogP) is 18.0. The average Bonchev–Trinajstić information content (AvgIpc) is 4.02. The zero-order valence-corrected chi connectivity index (χ0v) is 41.3. The Labute approximate surface area is 440 Å². The van der Waals surface area contributed by atoms with Crippen LogP contribution in [-0.2, 0) is 0 Å². The molecule has 0 atom stereocenters. The number of aromatic nitrogens is 5. The number of anilines is 6. The standard InChI is InChI=1S/C69H47N7/c1-6-23-48(24-7-1)57-35-16-17-38-60(57)68-70-67(71-69(72-68)76-64-40-21-19-37-59(64)62-47-56(42-44-66(62)76)74(52-30-12-4-13-31-52)53-32-14-5-15-33-53)49-25-22-34-54(45-49)75-63-39-20-18-36-58(63)61-46-55(41-43-65(61)75)73(50-26-8-2-9-27-50)51-28-10-3-11-29-51/h1-47H. The Bertz CT molecular complexity index is 4320. The van der Waals surface area contributed by atoms with Gasteiger partial charge in [-0.3, -0.25) is 4.57 Å². The number of rotatable bonds is 11. The quantitative estimate of drug-likeness (QED) is 0.129. The van der Waals surface area contributed by atoms with Crippen molar-refractivity contribution in [1.82, 2.24) is 24.1 Å². The van der Waals surface area contributed by atoms with Gasteiger partial charge in [-0.2, -0.15) is 9.97 Å². The molecule has 14 aromatic rings. The molecule has 0 fully saturated rings. The van der Waals surface area contributed by atoms with Crippen LogP contribution in [0.1, 0.15) is 0 Å². The lowest BCUT2D eigenvalue weighted by atomic mass is 9.99. The van der Waals surface area contributed by atoms with Crippen LogP contribution in [-0.4, -0.2) is 24.1 Å². The summed E-state index contributed by atoms with van der Waals surface area (Å²) < 4.78 is 4.56. The molecule has 11 aromatic carbocycles. The highest BCUT2D eigenvalue weighted by Gasteiger charge is 2.23. The summed E-state index contributed by atoms with van der Waals surface area (Å²) in [4.78, 5) is 21.0. The Morgan fingerprint density at radius 1 is 0.250 bits per heavy atom. The largest absolute Gasteiger partial charge is 0.310 e. The van der Waals surface area contributed by atoms with Gasteiger partial charge in [0.15, 0.2) is 11.6 Å². The molecule has 358 valence electrons. The molecule has 0 aliphatic rings. The third kappa shape index (κ3) is 7.82. The van der Waals surface area contributed by atoms with Crippen LogP contribution >= 0.6 is 0 Å². The van der Waals surface area contributed by atoms with E-state index >= 15 is 0 Å². The minimum Gasteiger partial charge on any atom is -0.310 e. The lowest BCUT2D eigenvalue weighted by molar-refractivity contribution is 0.953. The summed E-state index contributed by atoms with van der Waals surface area (Å²) in [6, 6.07) is 100. The van der Waals surface area contributed by atoms with Crippen LogP contribution < -0.4 is 9.80 Å². The van der Waals surface area contributed by atoms with Crippen molar-refractivity contribution in [2.24, 2.45) is 0 Å². The molecule has 0 spiro atoms. The molecule has 0 bridgehead atoms. The van der Waals surface area contributed by atoms with Crippen LogP contribution in [0.5, 0.6) is 0 Å². The van der Waals surface area contributed by atoms with E-state index in [9.17, 15) is 0 Å². The van der Waals surface area contributed by atoms with E-state index in [2.05, 4.69) is 298 Å². The first-order chi connectivity index (χ1) is 37.7. The van der Waals surface area contributed by atoms with Gasteiger partial charge in [0, 0.05) is 72.5 Å². The molecule has 0 radical (unpaired) electrons. The van der Waals surface area contributed by atoms with Crippen molar-refractivity contribution in [3.05, 3.63) is 285 Å². The third-order valence-corrected chi connectivity index (χ3v) is 14.3. The van der Waals surface area contributed by atoms with Gasteiger partial charge in [-0.25, -0.2) is 4.98 Å². The number of hydrogen-bond donors (Lipinski definition) is 0. The van der Waals surface area contributed by atoms with E-state index in [1.807, 2.05) is 6.07 Å². The molecular weight excluding hydrogens is 927 g/mol. The maximum absolute atomic E-state index is 5.48. The summed E-state index contributed by atoms with van der Waals surface area (Å²) >= 11 is 0. The zero-order chi connectivity index (χ0) is 50.4. The average molecular weight is 974 g/mol. The second kappa shape index (κ2) is 18.9. The van der Waals surface area contributed by atoms with Crippen molar-refractivity contribution in [2.45, 2.75) is 0 Å². The van der Waals surface area contributed by atoms with Crippen molar-refractivity contribution in [2.75, 3.05) is 9.80 Å². The maximum Gasteiger partial charge on any atom is 0.238 e. The molecule has 0 unspecified atom stereocenters. The number of hydrogen-bond acceptors (Lipinski definition) is 5. The summed E-state index contributed by atoms with van der Waals surface area (Å²) in [5, 5.41) is 4.51. The Morgan fingerprint density at radius 2 is 0.658 bits per heavy atom. The van der Waals surface area contributed by atoms with E-state index < -0.39 is 0 Å². The summed E-state index contributed by atoms with van der Waals surface area (Å²) in [6.45, 7) is 0. The summed E-state index contributed by atoms with van der Waals surface area (Å²) in [5.74, 6) is 1.68. The molecule has 0 saturated heterocycles. The number of nitrogens with zero attached hydrogens (tertiary/aromatic N) is 7. The van der Waals surface area contributed by atoms with Gasteiger partial charge in [-0.1, -0.05) is 176 Å². The molecule has 0 amide bonds. The van der Waals surface area contributed by atoms with Gasteiger partial charge >= 0.3 is 0 Å². The topological polar surface area (TPSA) is 55.0 Å². The van der Waals surface area contributed by atoms with Crippen molar-refractivity contribution in [3.63, 3.8) is 0 Å². The van der Waals surface area contributed by atoms with E-state index in [4.69, 9.17) is 15.0 Å². The van der Waals surface area contributed by atoms with Crippen LogP contribution in [0.4, 0.5) is 34.1 Å². The highest BCUT2D eigenvalue weighted by Crippen LogP contribution is 2.42. The number of fused-ring (bicyclic) bond motifs is 6. The second-order valence-corrected chi connectivity index (χ2v) is 18.9. The summed E-state index contributed by atoms with van der Waals surface area (Å²) in [6.07, 6.45) is 0. The monoisotopic (exact) mass is 973 g/mol. The van der Waals surface area contributed by atoms with Crippen LogP contribution in [0.15, 0.2) is 285 Å². The van der Waals surface area contributed by atoms with Crippen LogP contribution in [0.3, 0.4) is 0 Å². The predicted molar refractivity (Wildman–Crippen MR) is 314 cm³/mol. The normalized spacial score (nSPS) is 11.4. The molecule has 3 heterocycles. The molecule has 0 aliphatic carbocycles. The van der Waals surface area contributed by atoms with E-state index in [1.54, 1.807) is 0 Å². The first-order valence-electron chi connectivity index (χ1n) is 25.6. The van der Waals surface area contributed by atoms with Crippen LogP contribution in [0.25, 0.3) is 89.2 Å². The fourth-order valence-electron chi connectivity index (χ4n) is 10.9. The van der Waals surface area contributed by atoms with Gasteiger partial charge in [-0.05, 0) is 120 Å². The summed E-state index contributed by atoms with van der Waals surface area (Å²) in [5.41, 5.74) is 15.5. The molecule has 0 N–H and O–H groups in total. The van der Waals surface area contributed by atoms with Crippen molar-refractivity contribution in [1.29, 1.82) is 0 Å². The van der Waals surface area contributed by atoms with E-state index in [1.165, 1.54) is 5.39 Å². The van der Waals surface area contributed by atoms with Gasteiger partial charge in [0.25, 0.3) is 0 Å². The molecule has 0 saturated carbocycles. The van der Waals surface area contributed by atoms with Gasteiger partial charge in [0.2, 0.25) is 5.95 Å². The maximum atomic E-state index is 5.48. The number of benzene rings is 11. The fourth-order valence-corrected chi connectivity index (χ4v) is 10.9. The van der Waals surface area contributed by atoms with Crippen molar-refractivity contribution >= 4 is 77.7 Å². The summed E-state index contributed by atoms with van der Waals surface area (Å²) in [7, 11) is 0. The first kappa shape index (κ1) is 44.3. The van der Waals surface area contributed by atoms with Gasteiger partial charge in [0.1, 0.15) is 0 Å². The number of para-hydroxylation sites is 6. The van der Waals surface area contributed by atoms with E-state index in [0.717, 1.165) is 100 Å². The molecule has 76 heavy (non-hydrogen) atoms. The van der Waals surface area contributed by atoms with E-state index in [0.29, 0.717) is 17.6 Å². The third-order valence-electron chi connectivity index (χ3n) is 14.3. The Balaban J connectivity index is 0.955. The van der Waals surface area contributed by atoms with Crippen molar-refractivity contribution < 1.29 is 0 Å². The highest BCUT2D eigenvalue weighted by molar-refractivity contribution is 6.12. The Morgan fingerprint density at radius 3 is 1.20 bits per heavy atom.